The Balaban J connectivity index is 2.30. The van der Waals surface area contributed by atoms with Gasteiger partial charge in [0.1, 0.15) is 5.82 Å². The number of fused-ring (bicyclic) bond motifs is 1. The van der Waals surface area contributed by atoms with E-state index in [1.54, 1.807) is 0 Å². The fourth-order valence-electron chi connectivity index (χ4n) is 2.41. The normalized spacial score (nSPS) is 10.9. The Morgan fingerprint density at radius 3 is 2.62 bits per heavy atom. The smallest absolute Gasteiger partial charge is 0.162 e. The molecule has 1 N–H and O–H groups in total. The molecule has 4 heteroatoms. The summed E-state index contributed by atoms with van der Waals surface area (Å²) >= 11 is 6.09. The molecule has 2 aromatic carbocycles. The number of aromatic nitrogens is 2. The van der Waals surface area contributed by atoms with E-state index >= 15 is 0 Å². The predicted molar refractivity (Wildman–Crippen MR) is 89.0 cm³/mol. The van der Waals surface area contributed by atoms with Crippen LogP contribution in [-0.4, -0.2) is 17.0 Å². The molecule has 0 bridgehead atoms. The van der Waals surface area contributed by atoms with Crippen molar-refractivity contribution >= 4 is 28.3 Å². The number of rotatable bonds is 2. The highest BCUT2D eigenvalue weighted by Crippen LogP contribution is 2.29. The second-order valence-electron chi connectivity index (χ2n) is 5.05. The summed E-state index contributed by atoms with van der Waals surface area (Å²) in [4.78, 5) is 9.34. The zero-order valence-electron chi connectivity index (χ0n) is 12.2. The molecule has 106 valence electrons. The van der Waals surface area contributed by atoms with Gasteiger partial charge < -0.3 is 5.32 Å². The average molecular weight is 298 g/mol. The van der Waals surface area contributed by atoms with E-state index in [1.165, 1.54) is 11.1 Å². The molecule has 0 atom stereocenters. The lowest BCUT2D eigenvalue weighted by Crippen LogP contribution is -2.00. The molecule has 3 rings (SSSR count). The third kappa shape index (κ3) is 2.45. The van der Waals surface area contributed by atoms with Crippen LogP contribution in [0.3, 0.4) is 0 Å². The number of anilines is 1. The van der Waals surface area contributed by atoms with Gasteiger partial charge in [-0.2, -0.15) is 0 Å². The fraction of sp³-hybridized carbons (Fsp3) is 0.176. The van der Waals surface area contributed by atoms with E-state index in [0.717, 1.165) is 28.1 Å². The van der Waals surface area contributed by atoms with Crippen molar-refractivity contribution in [2.45, 2.75) is 13.8 Å². The largest absolute Gasteiger partial charge is 0.373 e. The number of halogens is 1. The first kappa shape index (κ1) is 13.8. The highest BCUT2D eigenvalue weighted by molar-refractivity contribution is 6.31. The van der Waals surface area contributed by atoms with Crippen molar-refractivity contribution in [2.24, 2.45) is 0 Å². The van der Waals surface area contributed by atoms with E-state index in [9.17, 15) is 0 Å². The molecule has 0 spiro atoms. The molecule has 0 unspecified atom stereocenters. The maximum atomic E-state index is 6.09. The van der Waals surface area contributed by atoms with Crippen LogP contribution in [0.15, 0.2) is 36.4 Å². The van der Waals surface area contributed by atoms with Crippen LogP contribution >= 0.6 is 11.6 Å². The monoisotopic (exact) mass is 297 g/mol. The molecule has 0 aliphatic carbocycles. The zero-order chi connectivity index (χ0) is 15.0. The Bertz CT molecular complexity index is 828. The number of hydrogen-bond acceptors (Lipinski definition) is 3. The topological polar surface area (TPSA) is 37.8 Å². The van der Waals surface area contributed by atoms with Gasteiger partial charge in [-0.15, -0.1) is 0 Å². The van der Waals surface area contributed by atoms with Crippen LogP contribution in [0.5, 0.6) is 0 Å². The SMILES string of the molecule is CNc1nc(-c2cccc(C)c2C)nc2cc(Cl)ccc12. The molecule has 1 heterocycles. The molecule has 0 radical (unpaired) electrons. The Morgan fingerprint density at radius 1 is 1.05 bits per heavy atom. The molecule has 1 aromatic heterocycles. The van der Waals surface area contributed by atoms with Crippen molar-refractivity contribution in [3.63, 3.8) is 0 Å². The lowest BCUT2D eigenvalue weighted by molar-refractivity contribution is 1.19. The molecule has 0 saturated carbocycles. The standard InChI is InChI=1S/C17H16ClN3/c1-10-5-4-6-13(11(10)2)17-20-15-9-12(18)7-8-14(15)16(19-3)21-17/h4-9H,1-3H3,(H,19,20,21). The first-order valence-electron chi connectivity index (χ1n) is 6.82. The molecule has 3 aromatic rings. The van der Waals surface area contributed by atoms with Gasteiger partial charge in [0.05, 0.1) is 5.52 Å². The molecule has 21 heavy (non-hydrogen) atoms. The van der Waals surface area contributed by atoms with Crippen LogP contribution in [0, 0.1) is 13.8 Å². The molecule has 3 nitrogen and oxygen atoms in total. The summed E-state index contributed by atoms with van der Waals surface area (Å²) in [5.74, 6) is 1.53. The second kappa shape index (κ2) is 5.34. The molecule has 0 aliphatic rings. The van der Waals surface area contributed by atoms with Gasteiger partial charge in [0.25, 0.3) is 0 Å². The van der Waals surface area contributed by atoms with Crippen LogP contribution in [0.2, 0.25) is 5.02 Å². The number of benzene rings is 2. The summed E-state index contributed by atoms with van der Waals surface area (Å²) in [7, 11) is 1.86. The first-order valence-corrected chi connectivity index (χ1v) is 7.19. The maximum absolute atomic E-state index is 6.09. The quantitative estimate of drug-likeness (QED) is 0.750. The Kier molecular flexibility index (Phi) is 3.52. The third-order valence-corrected chi connectivity index (χ3v) is 3.98. The Morgan fingerprint density at radius 2 is 1.86 bits per heavy atom. The minimum Gasteiger partial charge on any atom is -0.373 e. The Hall–Kier alpha value is -2.13. The van der Waals surface area contributed by atoms with E-state index in [2.05, 4.69) is 35.2 Å². The van der Waals surface area contributed by atoms with Crippen molar-refractivity contribution in [3.8, 4) is 11.4 Å². The summed E-state index contributed by atoms with van der Waals surface area (Å²) in [6.07, 6.45) is 0. The highest BCUT2D eigenvalue weighted by atomic mass is 35.5. The average Bonchev–Trinajstić information content (AvgIpc) is 2.48. The molecule has 0 amide bonds. The van der Waals surface area contributed by atoms with Gasteiger partial charge in [-0.3, -0.25) is 0 Å². The third-order valence-electron chi connectivity index (χ3n) is 3.74. The summed E-state index contributed by atoms with van der Waals surface area (Å²) in [5.41, 5.74) is 4.32. The second-order valence-corrected chi connectivity index (χ2v) is 5.49. The van der Waals surface area contributed by atoms with Gasteiger partial charge in [0.15, 0.2) is 5.82 Å². The van der Waals surface area contributed by atoms with E-state index in [0.29, 0.717) is 5.02 Å². The minimum atomic E-state index is 0.676. The van der Waals surface area contributed by atoms with Crippen LogP contribution in [0.1, 0.15) is 11.1 Å². The van der Waals surface area contributed by atoms with Crippen LogP contribution in [-0.2, 0) is 0 Å². The van der Waals surface area contributed by atoms with Gasteiger partial charge in [0.2, 0.25) is 0 Å². The first-order chi connectivity index (χ1) is 10.1. The van der Waals surface area contributed by atoms with Crippen molar-refractivity contribution in [1.82, 2.24) is 9.97 Å². The number of aryl methyl sites for hydroxylation is 1. The van der Waals surface area contributed by atoms with Crippen LogP contribution in [0.4, 0.5) is 5.82 Å². The van der Waals surface area contributed by atoms with Crippen molar-refractivity contribution in [1.29, 1.82) is 0 Å². The molecular weight excluding hydrogens is 282 g/mol. The summed E-state index contributed by atoms with van der Waals surface area (Å²) in [6.45, 7) is 4.19. The fourth-order valence-corrected chi connectivity index (χ4v) is 2.57. The van der Waals surface area contributed by atoms with E-state index in [4.69, 9.17) is 11.6 Å². The van der Waals surface area contributed by atoms with E-state index in [1.807, 2.05) is 37.4 Å². The predicted octanol–water partition coefficient (Wildman–Crippen LogP) is 4.61. The number of nitrogens with zero attached hydrogens (tertiary/aromatic N) is 2. The lowest BCUT2D eigenvalue weighted by atomic mass is 10.0. The molecule has 0 aliphatic heterocycles. The zero-order valence-corrected chi connectivity index (χ0v) is 13.0. The van der Waals surface area contributed by atoms with Gasteiger partial charge in [0, 0.05) is 23.0 Å². The summed E-state index contributed by atoms with van der Waals surface area (Å²) in [5, 5.41) is 4.78. The van der Waals surface area contributed by atoms with Gasteiger partial charge in [-0.1, -0.05) is 29.8 Å². The van der Waals surface area contributed by atoms with Crippen molar-refractivity contribution in [2.75, 3.05) is 12.4 Å². The molecule has 0 fully saturated rings. The van der Waals surface area contributed by atoms with Crippen molar-refractivity contribution < 1.29 is 0 Å². The van der Waals surface area contributed by atoms with Crippen LogP contribution in [0.25, 0.3) is 22.3 Å². The van der Waals surface area contributed by atoms with Crippen LogP contribution < -0.4 is 5.32 Å². The maximum Gasteiger partial charge on any atom is 0.162 e. The summed E-state index contributed by atoms with van der Waals surface area (Å²) in [6, 6.07) is 11.8. The van der Waals surface area contributed by atoms with E-state index < -0.39 is 0 Å². The summed E-state index contributed by atoms with van der Waals surface area (Å²) < 4.78 is 0. The highest BCUT2D eigenvalue weighted by Gasteiger charge is 2.11. The number of nitrogens with one attached hydrogen (secondary N) is 1. The molecule has 0 saturated heterocycles. The van der Waals surface area contributed by atoms with Crippen molar-refractivity contribution in [3.05, 3.63) is 52.5 Å². The van der Waals surface area contributed by atoms with Gasteiger partial charge >= 0.3 is 0 Å². The lowest BCUT2D eigenvalue weighted by Gasteiger charge is -2.11. The van der Waals surface area contributed by atoms with Gasteiger partial charge in [-0.25, -0.2) is 9.97 Å². The number of hydrogen-bond donors (Lipinski definition) is 1. The van der Waals surface area contributed by atoms with Gasteiger partial charge in [-0.05, 0) is 43.2 Å². The molecular formula is C17H16ClN3. The Labute approximate surface area is 129 Å². The van der Waals surface area contributed by atoms with E-state index in [-0.39, 0.29) is 0 Å². The minimum absolute atomic E-state index is 0.676.